The standard InChI is InChI=1S/C12H18N2S/c1-12(5-6-12)11-14-10(8-15-11)9-4-2-3-7-13-9/h8-9,13H,2-7H2,1H3. The van der Waals surface area contributed by atoms with Gasteiger partial charge in [0.2, 0.25) is 0 Å². The third-order valence-corrected chi connectivity index (χ3v) is 4.87. The summed E-state index contributed by atoms with van der Waals surface area (Å²) in [6, 6.07) is 0.533. The number of thiazole rings is 1. The lowest BCUT2D eigenvalue weighted by Crippen LogP contribution is -2.27. The van der Waals surface area contributed by atoms with Crippen LogP contribution in [0, 0.1) is 0 Å². The second-order valence-corrected chi connectivity index (χ2v) is 6.00. The first-order chi connectivity index (χ1) is 7.28. The van der Waals surface area contributed by atoms with Crippen LogP contribution >= 0.6 is 11.3 Å². The predicted molar refractivity (Wildman–Crippen MR) is 63.3 cm³/mol. The minimum absolute atomic E-state index is 0.442. The molecule has 3 heteroatoms. The van der Waals surface area contributed by atoms with Gasteiger partial charge in [-0.1, -0.05) is 13.3 Å². The lowest BCUT2D eigenvalue weighted by molar-refractivity contribution is 0.405. The minimum Gasteiger partial charge on any atom is -0.309 e. The van der Waals surface area contributed by atoms with Crippen LogP contribution in [0.5, 0.6) is 0 Å². The maximum absolute atomic E-state index is 4.82. The van der Waals surface area contributed by atoms with E-state index in [1.807, 2.05) is 11.3 Å². The van der Waals surface area contributed by atoms with Crippen LogP contribution in [-0.4, -0.2) is 11.5 Å². The quantitative estimate of drug-likeness (QED) is 0.832. The van der Waals surface area contributed by atoms with Gasteiger partial charge in [-0.15, -0.1) is 11.3 Å². The Kier molecular flexibility index (Phi) is 2.33. The maximum atomic E-state index is 4.82. The number of hydrogen-bond donors (Lipinski definition) is 1. The monoisotopic (exact) mass is 222 g/mol. The molecule has 1 aliphatic carbocycles. The van der Waals surface area contributed by atoms with Gasteiger partial charge in [0.15, 0.2) is 0 Å². The summed E-state index contributed by atoms with van der Waals surface area (Å²) in [7, 11) is 0. The Balaban J connectivity index is 1.77. The Bertz CT molecular complexity index is 348. The second-order valence-electron chi connectivity index (χ2n) is 5.14. The zero-order valence-electron chi connectivity index (χ0n) is 9.25. The normalized spacial score (nSPS) is 29.0. The largest absolute Gasteiger partial charge is 0.309 e. The molecule has 82 valence electrons. The molecule has 2 aliphatic rings. The van der Waals surface area contributed by atoms with Crippen molar-refractivity contribution in [2.24, 2.45) is 0 Å². The van der Waals surface area contributed by atoms with Crippen LogP contribution in [0.1, 0.15) is 55.8 Å². The summed E-state index contributed by atoms with van der Waals surface area (Å²) in [5.74, 6) is 0. The number of aromatic nitrogens is 1. The molecule has 0 radical (unpaired) electrons. The lowest BCUT2D eigenvalue weighted by Gasteiger charge is -2.21. The van der Waals surface area contributed by atoms with Gasteiger partial charge in [-0.25, -0.2) is 4.98 Å². The van der Waals surface area contributed by atoms with Crippen molar-refractivity contribution in [1.29, 1.82) is 0 Å². The Hall–Kier alpha value is -0.410. The van der Waals surface area contributed by atoms with Crippen molar-refractivity contribution in [2.75, 3.05) is 6.54 Å². The zero-order chi connectivity index (χ0) is 10.3. The van der Waals surface area contributed by atoms with Crippen molar-refractivity contribution in [2.45, 2.75) is 50.5 Å². The zero-order valence-corrected chi connectivity index (χ0v) is 10.1. The molecule has 2 fully saturated rings. The highest BCUT2D eigenvalue weighted by molar-refractivity contribution is 7.09. The fourth-order valence-corrected chi connectivity index (χ4v) is 3.33. The highest BCUT2D eigenvalue weighted by Crippen LogP contribution is 2.48. The molecule has 1 saturated heterocycles. The topological polar surface area (TPSA) is 24.9 Å². The molecule has 0 aromatic carbocycles. The summed E-state index contributed by atoms with van der Waals surface area (Å²) < 4.78 is 0. The second kappa shape index (κ2) is 3.56. The first-order valence-corrected chi connectivity index (χ1v) is 6.85. The number of hydrogen-bond acceptors (Lipinski definition) is 3. The Morgan fingerprint density at radius 3 is 3.00 bits per heavy atom. The van der Waals surface area contributed by atoms with Gasteiger partial charge in [0.25, 0.3) is 0 Å². The molecule has 2 heterocycles. The minimum atomic E-state index is 0.442. The summed E-state index contributed by atoms with van der Waals surface area (Å²) in [6.45, 7) is 3.50. The van der Waals surface area contributed by atoms with Crippen molar-refractivity contribution in [3.05, 3.63) is 16.1 Å². The molecular formula is C12H18N2S. The van der Waals surface area contributed by atoms with Gasteiger partial charge in [-0.2, -0.15) is 0 Å². The molecule has 1 aromatic heterocycles. The van der Waals surface area contributed by atoms with Crippen LogP contribution in [-0.2, 0) is 5.41 Å². The Labute approximate surface area is 95.1 Å². The molecular weight excluding hydrogens is 204 g/mol. The van der Waals surface area contributed by atoms with Crippen LogP contribution in [0.2, 0.25) is 0 Å². The van der Waals surface area contributed by atoms with Crippen molar-refractivity contribution in [3.63, 3.8) is 0 Å². The number of nitrogens with zero attached hydrogens (tertiary/aromatic N) is 1. The van der Waals surface area contributed by atoms with E-state index in [1.54, 1.807) is 0 Å². The van der Waals surface area contributed by atoms with Crippen LogP contribution in [0.15, 0.2) is 5.38 Å². The number of piperidine rings is 1. The molecule has 3 rings (SSSR count). The van der Waals surface area contributed by atoms with Gasteiger partial charge >= 0.3 is 0 Å². The molecule has 1 saturated carbocycles. The van der Waals surface area contributed by atoms with E-state index in [2.05, 4.69) is 17.6 Å². The molecule has 1 aromatic rings. The highest BCUT2D eigenvalue weighted by Gasteiger charge is 2.42. The van der Waals surface area contributed by atoms with E-state index < -0.39 is 0 Å². The van der Waals surface area contributed by atoms with Crippen LogP contribution < -0.4 is 5.32 Å². The molecule has 0 bridgehead atoms. The van der Waals surface area contributed by atoms with E-state index in [4.69, 9.17) is 4.98 Å². The fraction of sp³-hybridized carbons (Fsp3) is 0.750. The summed E-state index contributed by atoms with van der Waals surface area (Å²) in [6.07, 6.45) is 6.60. The molecule has 1 N–H and O–H groups in total. The van der Waals surface area contributed by atoms with Gasteiger partial charge in [0, 0.05) is 10.8 Å². The fourth-order valence-electron chi connectivity index (χ4n) is 2.23. The number of rotatable bonds is 2. The predicted octanol–water partition coefficient (Wildman–Crippen LogP) is 3.01. The molecule has 0 amide bonds. The molecule has 2 nitrogen and oxygen atoms in total. The van der Waals surface area contributed by atoms with Crippen molar-refractivity contribution in [1.82, 2.24) is 10.3 Å². The third-order valence-electron chi connectivity index (χ3n) is 3.71. The van der Waals surface area contributed by atoms with Crippen LogP contribution in [0.25, 0.3) is 0 Å². The molecule has 0 spiro atoms. The SMILES string of the molecule is CC1(c2nc(C3CCCCN3)cs2)CC1. The smallest absolute Gasteiger partial charge is 0.0988 e. The van der Waals surface area contributed by atoms with E-state index in [-0.39, 0.29) is 0 Å². The molecule has 1 atom stereocenters. The van der Waals surface area contributed by atoms with Crippen molar-refractivity contribution in [3.8, 4) is 0 Å². The number of nitrogens with one attached hydrogen (secondary N) is 1. The van der Waals surface area contributed by atoms with E-state index in [0.717, 1.165) is 6.54 Å². The van der Waals surface area contributed by atoms with E-state index in [9.17, 15) is 0 Å². The van der Waals surface area contributed by atoms with E-state index in [0.29, 0.717) is 11.5 Å². The van der Waals surface area contributed by atoms with Crippen LogP contribution in [0.3, 0.4) is 0 Å². The first kappa shape index (κ1) is 9.79. The van der Waals surface area contributed by atoms with Crippen LogP contribution in [0.4, 0.5) is 0 Å². The first-order valence-electron chi connectivity index (χ1n) is 5.97. The summed E-state index contributed by atoms with van der Waals surface area (Å²) >= 11 is 1.86. The molecule has 1 unspecified atom stereocenters. The highest BCUT2D eigenvalue weighted by atomic mass is 32.1. The Morgan fingerprint density at radius 2 is 2.33 bits per heavy atom. The van der Waals surface area contributed by atoms with Crippen molar-refractivity contribution < 1.29 is 0 Å². The van der Waals surface area contributed by atoms with Gasteiger partial charge < -0.3 is 5.32 Å². The van der Waals surface area contributed by atoms with Gasteiger partial charge in [0.1, 0.15) is 0 Å². The van der Waals surface area contributed by atoms with Gasteiger partial charge in [-0.3, -0.25) is 0 Å². The van der Waals surface area contributed by atoms with Gasteiger partial charge in [-0.05, 0) is 32.2 Å². The molecule has 1 aliphatic heterocycles. The van der Waals surface area contributed by atoms with Crippen molar-refractivity contribution >= 4 is 11.3 Å². The maximum Gasteiger partial charge on any atom is 0.0988 e. The summed E-state index contributed by atoms with van der Waals surface area (Å²) in [5.41, 5.74) is 1.74. The van der Waals surface area contributed by atoms with Gasteiger partial charge in [0.05, 0.1) is 16.7 Å². The average Bonchev–Trinajstić information content (AvgIpc) is 2.85. The average molecular weight is 222 g/mol. The van der Waals surface area contributed by atoms with E-state index >= 15 is 0 Å². The Morgan fingerprint density at radius 1 is 1.47 bits per heavy atom. The summed E-state index contributed by atoms with van der Waals surface area (Å²) in [4.78, 5) is 4.82. The van der Waals surface area contributed by atoms with E-state index in [1.165, 1.54) is 42.8 Å². The molecule has 15 heavy (non-hydrogen) atoms. The lowest BCUT2D eigenvalue weighted by atomic mass is 10.0. The summed E-state index contributed by atoms with van der Waals surface area (Å²) in [5, 5.41) is 7.20. The third kappa shape index (κ3) is 1.83.